The molecule has 2 heterocycles. The topological polar surface area (TPSA) is 69.0 Å². The number of anilines is 1. The molecular formula is C24H24N4O2. The molecule has 0 atom stereocenters. The summed E-state index contributed by atoms with van der Waals surface area (Å²) in [4.78, 5) is 22.4. The van der Waals surface area contributed by atoms with Crippen LogP contribution in [0.5, 0.6) is 0 Å². The van der Waals surface area contributed by atoms with Crippen molar-refractivity contribution in [2.45, 2.75) is 37.7 Å². The van der Waals surface area contributed by atoms with Gasteiger partial charge in [-0.15, -0.1) is 0 Å². The number of nitrogens with zero attached hydrogens (tertiary/aromatic N) is 3. The maximum Gasteiger partial charge on any atom is 0.257 e. The van der Waals surface area contributed by atoms with Gasteiger partial charge in [0, 0.05) is 24.3 Å². The maximum absolute atomic E-state index is 12.7. The number of amides is 1. The van der Waals surface area contributed by atoms with E-state index < -0.39 is 0 Å². The molecule has 6 heteroatoms. The highest BCUT2D eigenvalue weighted by Crippen LogP contribution is 2.35. The Morgan fingerprint density at radius 3 is 2.50 bits per heavy atom. The van der Waals surface area contributed by atoms with E-state index in [1.807, 2.05) is 47.1 Å². The zero-order valence-electron chi connectivity index (χ0n) is 16.9. The van der Waals surface area contributed by atoms with Gasteiger partial charge < -0.3 is 4.74 Å². The van der Waals surface area contributed by atoms with Crippen molar-refractivity contribution in [3.05, 3.63) is 72.0 Å². The lowest BCUT2D eigenvalue weighted by atomic mass is 9.85. The fraction of sp³-hybridized carbons (Fsp3) is 0.292. The summed E-state index contributed by atoms with van der Waals surface area (Å²) in [6.45, 7) is 0. The van der Waals surface area contributed by atoms with Crippen LogP contribution in [-0.2, 0) is 4.74 Å². The predicted octanol–water partition coefficient (Wildman–Crippen LogP) is 4.77. The van der Waals surface area contributed by atoms with E-state index in [0.29, 0.717) is 23.5 Å². The smallest absolute Gasteiger partial charge is 0.257 e. The number of methoxy groups -OCH3 is 1. The van der Waals surface area contributed by atoms with E-state index in [0.717, 1.165) is 48.2 Å². The highest BCUT2D eigenvalue weighted by molar-refractivity contribution is 6.04. The van der Waals surface area contributed by atoms with Gasteiger partial charge in [-0.25, -0.2) is 9.97 Å². The van der Waals surface area contributed by atoms with Gasteiger partial charge >= 0.3 is 0 Å². The molecule has 1 fully saturated rings. The number of pyridine rings is 1. The van der Waals surface area contributed by atoms with Gasteiger partial charge in [-0.2, -0.15) is 0 Å². The molecular weight excluding hydrogens is 376 g/mol. The first-order valence-corrected chi connectivity index (χ1v) is 10.4. The van der Waals surface area contributed by atoms with Crippen LogP contribution in [0.3, 0.4) is 0 Å². The summed E-state index contributed by atoms with van der Waals surface area (Å²) >= 11 is 0. The van der Waals surface area contributed by atoms with Gasteiger partial charge in [-0.3, -0.25) is 14.7 Å². The quantitative estimate of drug-likeness (QED) is 0.670. The maximum atomic E-state index is 12.7. The number of ether oxygens (including phenoxy) is 1. The van der Waals surface area contributed by atoms with Crippen molar-refractivity contribution >= 4 is 28.7 Å². The highest BCUT2D eigenvalue weighted by atomic mass is 16.5. The number of imidazole rings is 1. The Morgan fingerprint density at radius 1 is 1.07 bits per heavy atom. The first kappa shape index (κ1) is 18.8. The van der Waals surface area contributed by atoms with Crippen molar-refractivity contribution in [3.8, 4) is 0 Å². The third-order valence-electron chi connectivity index (χ3n) is 6.01. The van der Waals surface area contributed by atoms with Crippen LogP contribution in [0.25, 0.3) is 16.9 Å². The summed E-state index contributed by atoms with van der Waals surface area (Å²) in [5.74, 6) is 0.730. The summed E-state index contributed by atoms with van der Waals surface area (Å²) in [5, 5.41) is 2.96. The lowest BCUT2D eigenvalue weighted by Crippen LogP contribution is -2.20. The summed E-state index contributed by atoms with van der Waals surface area (Å²) in [5.41, 5.74) is 4.20. The molecule has 1 aromatic carbocycles. The zero-order chi connectivity index (χ0) is 20.5. The molecule has 0 spiro atoms. The Kier molecular flexibility index (Phi) is 4.93. The molecule has 30 heavy (non-hydrogen) atoms. The van der Waals surface area contributed by atoms with E-state index in [9.17, 15) is 4.79 Å². The van der Waals surface area contributed by atoms with E-state index in [1.165, 1.54) is 0 Å². The standard InChI is InChI=1S/C24H24N4O2/c1-30-19-12-10-16(11-13-19)20-14-15-21-22(25-20)28(18-8-5-9-18)24(26-21)27-23(29)17-6-3-2-4-7-17/h2-9,14-16,19H,10-13H2,1H3,(H,26,27,29). The Labute approximate surface area is 175 Å². The van der Waals surface area contributed by atoms with Crippen molar-refractivity contribution < 1.29 is 9.53 Å². The lowest BCUT2D eigenvalue weighted by molar-refractivity contribution is 0.0655. The molecule has 1 saturated carbocycles. The van der Waals surface area contributed by atoms with Crippen LogP contribution >= 0.6 is 0 Å². The van der Waals surface area contributed by atoms with Crippen LogP contribution in [0.15, 0.2) is 60.7 Å². The molecule has 1 amide bonds. The fourth-order valence-electron chi connectivity index (χ4n) is 4.22. The fourth-order valence-corrected chi connectivity index (χ4v) is 4.22. The second-order valence-electron chi connectivity index (χ2n) is 7.83. The third kappa shape index (κ3) is 3.44. The molecule has 3 aromatic rings. The first-order chi connectivity index (χ1) is 14.7. The molecule has 5 rings (SSSR count). The minimum Gasteiger partial charge on any atom is -0.381 e. The molecule has 0 radical (unpaired) electrons. The number of allylic oxidation sites excluding steroid dienone is 4. The molecule has 1 N–H and O–H groups in total. The third-order valence-corrected chi connectivity index (χ3v) is 6.01. The summed E-state index contributed by atoms with van der Waals surface area (Å²) in [6, 6.07) is 13.3. The number of hydrogen-bond acceptors (Lipinski definition) is 4. The molecule has 0 aliphatic heterocycles. The van der Waals surface area contributed by atoms with E-state index in [4.69, 9.17) is 9.72 Å². The molecule has 6 nitrogen and oxygen atoms in total. The minimum absolute atomic E-state index is 0.186. The van der Waals surface area contributed by atoms with E-state index in [1.54, 1.807) is 19.2 Å². The Balaban J connectivity index is 1.48. The molecule has 2 aliphatic rings. The minimum atomic E-state index is -0.186. The predicted molar refractivity (Wildman–Crippen MR) is 117 cm³/mol. The number of hydrogen-bond donors (Lipinski definition) is 1. The van der Waals surface area contributed by atoms with Crippen molar-refractivity contribution in [2.24, 2.45) is 0 Å². The first-order valence-electron chi connectivity index (χ1n) is 10.4. The molecule has 2 aliphatic carbocycles. The Bertz CT molecular complexity index is 1140. The van der Waals surface area contributed by atoms with Gasteiger partial charge in [0.25, 0.3) is 5.91 Å². The van der Waals surface area contributed by atoms with Gasteiger partial charge in [0.1, 0.15) is 5.52 Å². The lowest BCUT2D eigenvalue weighted by Gasteiger charge is -2.27. The number of carbonyl (C=O) groups is 1. The molecule has 2 aromatic heterocycles. The molecule has 0 bridgehead atoms. The van der Waals surface area contributed by atoms with Crippen LogP contribution in [0.4, 0.5) is 5.95 Å². The van der Waals surface area contributed by atoms with Crippen molar-refractivity contribution in [1.29, 1.82) is 0 Å². The monoisotopic (exact) mass is 400 g/mol. The van der Waals surface area contributed by atoms with Crippen LogP contribution in [-0.4, -0.2) is 33.7 Å². The van der Waals surface area contributed by atoms with Crippen LogP contribution in [0, 0.1) is 0 Å². The normalized spacial score (nSPS) is 20.6. The van der Waals surface area contributed by atoms with E-state index >= 15 is 0 Å². The number of nitrogens with one attached hydrogen (secondary N) is 1. The Hall–Kier alpha value is -3.25. The van der Waals surface area contributed by atoms with Crippen molar-refractivity contribution in [1.82, 2.24) is 14.5 Å². The number of carbonyl (C=O) groups excluding carboxylic acids is 1. The summed E-state index contributed by atoms with van der Waals surface area (Å²) < 4.78 is 7.44. The number of fused-ring (bicyclic) bond motifs is 1. The van der Waals surface area contributed by atoms with Gasteiger partial charge in [-0.1, -0.05) is 24.3 Å². The van der Waals surface area contributed by atoms with Crippen molar-refractivity contribution in [2.75, 3.05) is 12.4 Å². The molecule has 152 valence electrons. The van der Waals surface area contributed by atoms with Gasteiger partial charge in [0.15, 0.2) is 5.65 Å². The summed E-state index contributed by atoms with van der Waals surface area (Å²) in [7, 11) is 1.79. The number of benzene rings is 1. The summed E-state index contributed by atoms with van der Waals surface area (Å²) in [6.07, 6.45) is 10.6. The second kappa shape index (κ2) is 7.88. The van der Waals surface area contributed by atoms with Crippen molar-refractivity contribution in [3.63, 3.8) is 0 Å². The van der Waals surface area contributed by atoms with E-state index in [-0.39, 0.29) is 5.91 Å². The van der Waals surface area contributed by atoms with Gasteiger partial charge in [0.2, 0.25) is 5.95 Å². The largest absolute Gasteiger partial charge is 0.381 e. The van der Waals surface area contributed by atoms with Gasteiger partial charge in [0.05, 0.1) is 11.8 Å². The average molecular weight is 400 g/mol. The number of rotatable bonds is 5. The zero-order valence-corrected chi connectivity index (χ0v) is 16.9. The molecule has 0 unspecified atom stereocenters. The van der Waals surface area contributed by atoms with Crippen LogP contribution < -0.4 is 5.32 Å². The SMILES string of the molecule is COC1CCC(c2ccc3nc(NC(=O)c4ccccc4)n(C4=CC=C4)c3n2)CC1. The average Bonchev–Trinajstić information content (AvgIpc) is 3.10. The Morgan fingerprint density at radius 2 is 1.83 bits per heavy atom. The molecule has 0 saturated heterocycles. The number of aromatic nitrogens is 3. The van der Waals surface area contributed by atoms with Crippen LogP contribution in [0.1, 0.15) is 47.7 Å². The highest BCUT2D eigenvalue weighted by Gasteiger charge is 2.25. The van der Waals surface area contributed by atoms with Gasteiger partial charge in [-0.05, 0) is 62.1 Å². The van der Waals surface area contributed by atoms with Crippen LogP contribution in [0.2, 0.25) is 0 Å². The second-order valence-corrected chi connectivity index (χ2v) is 7.83. The van der Waals surface area contributed by atoms with E-state index in [2.05, 4.69) is 16.4 Å².